The van der Waals surface area contributed by atoms with Gasteiger partial charge in [0.05, 0.1) is 19.0 Å². The first-order valence-corrected chi connectivity index (χ1v) is 9.10. The second-order valence-electron chi connectivity index (χ2n) is 6.22. The van der Waals surface area contributed by atoms with Gasteiger partial charge in [0.2, 0.25) is 0 Å². The van der Waals surface area contributed by atoms with Gasteiger partial charge in [-0.25, -0.2) is 14.6 Å². The van der Waals surface area contributed by atoms with Crippen LogP contribution in [0.15, 0.2) is 54.2 Å². The van der Waals surface area contributed by atoms with Gasteiger partial charge in [-0.15, -0.1) is 0 Å². The van der Waals surface area contributed by atoms with Crippen molar-refractivity contribution in [2.75, 3.05) is 12.0 Å². The summed E-state index contributed by atoms with van der Waals surface area (Å²) >= 11 is 0. The molecule has 0 bridgehead atoms. The quantitative estimate of drug-likeness (QED) is 0.353. The van der Waals surface area contributed by atoms with E-state index in [0.29, 0.717) is 11.6 Å². The molecule has 3 aromatic rings. The third-order valence-corrected chi connectivity index (χ3v) is 3.89. The number of nitrogens with zero attached hydrogens (tertiary/aromatic N) is 5. The van der Waals surface area contributed by atoms with Crippen molar-refractivity contribution in [3.63, 3.8) is 0 Å². The fraction of sp³-hybridized carbons (Fsp3) is 0.300. The first-order valence-electron chi connectivity index (χ1n) is 9.10. The molecule has 0 atom stereocenters. The van der Waals surface area contributed by atoms with E-state index in [9.17, 15) is 0 Å². The Bertz CT molecular complexity index is 872. The monoisotopic (exact) mass is 364 g/mol. The molecule has 3 rings (SSSR count). The largest absolute Gasteiger partial charge is 0.494 e. The number of hydrogen-bond acceptors (Lipinski definition) is 6. The van der Waals surface area contributed by atoms with Crippen LogP contribution in [0.25, 0.3) is 5.82 Å². The summed E-state index contributed by atoms with van der Waals surface area (Å²) in [5, 5.41) is 8.48. The standard InChI is InChI=1S/C20H24N6O/c1-3-4-5-10-27-18-8-6-17(7-9-18)13-23-25-19-11-20(22-15-21-19)26-14-16(2)12-24-26/h6-9,11-15H,3-5,10H2,1-2H3,(H,21,22,25)/b23-13+. The van der Waals surface area contributed by atoms with Crippen LogP contribution in [-0.2, 0) is 0 Å². The van der Waals surface area contributed by atoms with E-state index in [2.05, 4.69) is 32.5 Å². The van der Waals surface area contributed by atoms with Crippen LogP contribution in [0.3, 0.4) is 0 Å². The molecule has 0 unspecified atom stereocenters. The van der Waals surface area contributed by atoms with Crippen LogP contribution in [0.1, 0.15) is 37.3 Å². The first kappa shape index (κ1) is 18.6. The molecule has 0 saturated carbocycles. The fourth-order valence-electron chi connectivity index (χ4n) is 2.44. The van der Waals surface area contributed by atoms with Gasteiger partial charge < -0.3 is 4.74 Å². The van der Waals surface area contributed by atoms with Crippen LogP contribution >= 0.6 is 0 Å². The maximum Gasteiger partial charge on any atom is 0.158 e. The third-order valence-electron chi connectivity index (χ3n) is 3.89. The van der Waals surface area contributed by atoms with Crippen molar-refractivity contribution in [3.05, 3.63) is 60.2 Å². The highest BCUT2D eigenvalue weighted by molar-refractivity contribution is 5.80. The van der Waals surface area contributed by atoms with Crippen molar-refractivity contribution < 1.29 is 4.74 Å². The number of rotatable bonds is 9. The summed E-state index contributed by atoms with van der Waals surface area (Å²) in [4.78, 5) is 8.39. The van der Waals surface area contributed by atoms with E-state index in [0.717, 1.165) is 29.9 Å². The normalized spacial score (nSPS) is 11.0. The number of unbranched alkanes of at least 4 members (excludes halogenated alkanes) is 2. The zero-order valence-electron chi connectivity index (χ0n) is 15.7. The number of ether oxygens (including phenoxy) is 1. The molecule has 27 heavy (non-hydrogen) atoms. The SMILES string of the molecule is CCCCCOc1ccc(/C=N/Nc2cc(-n3cc(C)cn3)ncn2)cc1. The van der Waals surface area contributed by atoms with Crippen LogP contribution in [-0.4, -0.2) is 32.6 Å². The Hall–Kier alpha value is -3.22. The summed E-state index contributed by atoms with van der Waals surface area (Å²) in [6.45, 7) is 4.92. The molecule has 140 valence electrons. The van der Waals surface area contributed by atoms with Crippen LogP contribution < -0.4 is 10.2 Å². The molecule has 7 nitrogen and oxygen atoms in total. The van der Waals surface area contributed by atoms with Crippen molar-refractivity contribution in [2.24, 2.45) is 5.10 Å². The minimum absolute atomic E-state index is 0.597. The van der Waals surface area contributed by atoms with Crippen molar-refractivity contribution in [1.82, 2.24) is 19.7 Å². The highest BCUT2D eigenvalue weighted by Crippen LogP contribution is 2.12. The summed E-state index contributed by atoms with van der Waals surface area (Å²) in [7, 11) is 0. The number of hydrogen-bond donors (Lipinski definition) is 1. The summed E-state index contributed by atoms with van der Waals surface area (Å²) in [6.07, 6.45) is 10.4. The summed E-state index contributed by atoms with van der Waals surface area (Å²) in [6, 6.07) is 9.64. The first-order chi connectivity index (χ1) is 13.2. The van der Waals surface area contributed by atoms with E-state index in [1.807, 2.05) is 37.4 Å². The summed E-state index contributed by atoms with van der Waals surface area (Å²) in [5.41, 5.74) is 4.96. The lowest BCUT2D eigenvalue weighted by atomic mass is 10.2. The Morgan fingerprint density at radius 2 is 2.04 bits per heavy atom. The molecule has 1 N–H and O–H groups in total. The van der Waals surface area contributed by atoms with E-state index in [-0.39, 0.29) is 0 Å². The van der Waals surface area contributed by atoms with E-state index >= 15 is 0 Å². The lowest BCUT2D eigenvalue weighted by molar-refractivity contribution is 0.306. The lowest BCUT2D eigenvalue weighted by Crippen LogP contribution is -2.01. The predicted molar refractivity (Wildman–Crippen MR) is 107 cm³/mol. The number of anilines is 1. The van der Waals surface area contributed by atoms with Crippen molar-refractivity contribution >= 4 is 12.0 Å². The molecule has 0 amide bonds. The molecule has 0 spiro atoms. The van der Waals surface area contributed by atoms with E-state index in [4.69, 9.17) is 4.74 Å². The Morgan fingerprint density at radius 1 is 1.19 bits per heavy atom. The number of benzene rings is 1. The Kier molecular flexibility index (Phi) is 6.51. The molecular formula is C20H24N6O. The number of aryl methyl sites for hydroxylation is 1. The molecule has 0 fully saturated rings. The average molecular weight is 364 g/mol. The van der Waals surface area contributed by atoms with Gasteiger partial charge in [0.15, 0.2) is 11.6 Å². The van der Waals surface area contributed by atoms with Gasteiger partial charge in [-0.2, -0.15) is 10.2 Å². The number of nitrogens with one attached hydrogen (secondary N) is 1. The molecule has 0 aliphatic carbocycles. The molecule has 1 aromatic carbocycles. The molecule has 0 saturated heterocycles. The Balaban J connectivity index is 1.54. The van der Waals surface area contributed by atoms with Gasteiger partial charge >= 0.3 is 0 Å². The van der Waals surface area contributed by atoms with E-state index < -0.39 is 0 Å². The van der Waals surface area contributed by atoms with Crippen molar-refractivity contribution in [1.29, 1.82) is 0 Å². The topological polar surface area (TPSA) is 77.2 Å². The highest BCUT2D eigenvalue weighted by Gasteiger charge is 2.02. The van der Waals surface area contributed by atoms with E-state index in [1.54, 1.807) is 23.2 Å². The Morgan fingerprint density at radius 3 is 2.78 bits per heavy atom. The maximum atomic E-state index is 5.71. The van der Waals surface area contributed by atoms with Gasteiger partial charge in [0, 0.05) is 12.3 Å². The number of hydrazone groups is 1. The molecule has 0 aliphatic heterocycles. The zero-order valence-corrected chi connectivity index (χ0v) is 15.7. The van der Waals surface area contributed by atoms with Gasteiger partial charge in [-0.05, 0) is 48.7 Å². The second-order valence-corrected chi connectivity index (χ2v) is 6.22. The molecule has 2 heterocycles. The second kappa shape index (κ2) is 9.47. The molecular weight excluding hydrogens is 340 g/mol. The molecule has 7 heteroatoms. The third kappa shape index (κ3) is 5.64. The van der Waals surface area contributed by atoms with Crippen LogP contribution in [0.5, 0.6) is 5.75 Å². The number of aromatic nitrogens is 4. The van der Waals surface area contributed by atoms with Crippen LogP contribution in [0.4, 0.5) is 5.82 Å². The fourth-order valence-corrected chi connectivity index (χ4v) is 2.44. The predicted octanol–water partition coefficient (Wildman–Crippen LogP) is 3.99. The van der Waals surface area contributed by atoms with Gasteiger partial charge in [0.1, 0.15) is 12.1 Å². The highest BCUT2D eigenvalue weighted by atomic mass is 16.5. The zero-order chi connectivity index (χ0) is 18.9. The minimum Gasteiger partial charge on any atom is -0.494 e. The van der Waals surface area contributed by atoms with Gasteiger partial charge in [0.25, 0.3) is 0 Å². The van der Waals surface area contributed by atoms with Crippen LogP contribution in [0.2, 0.25) is 0 Å². The maximum absolute atomic E-state index is 5.71. The molecule has 0 radical (unpaired) electrons. The van der Waals surface area contributed by atoms with Crippen LogP contribution in [0, 0.1) is 6.92 Å². The average Bonchev–Trinajstić information content (AvgIpc) is 3.13. The lowest BCUT2D eigenvalue weighted by Gasteiger charge is -2.05. The van der Waals surface area contributed by atoms with Crippen molar-refractivity contribution in [2.45, 2.75) is 33.1 Å². The Labute approximate surface area is 159 Å². The summed E-state index contributed by atoms with van der Waals surface area (Å²) < 4.78 is 7.41. The van der Waals surface area contributed by atoms with Gasteiger partial charge in [-0.1, -0.05) is 19.8 Å². The van der Waals surface area contributed by atoms with E-state index in [1.165, 1.54) is 19.2 Å². The van der Waals surface area contributed by atoms with Gasteiger partial charge in [-0.3, -0.25) is 5.43 Å². The molecule has 2 aromatic heterocycles. The smallest absolute Gasteiger partial charge is 0.158 e. The minimum atomic E-state index is 0.597. The molecule has 0 aliphatic rings. The summed E-state index contributed by atoms with van der Waals surface area (Å²) in [5.74, 6) is 2.16. The van der Waals surface area contributed by atoms with Crippen molar-refractivity contribution in [3.8, 4) is 11.6 Å².